The standard InChI is InChI=1S/C23H40N2O/c1-6-8-15-25(16-9-7-2)19-22(4)18-24(5)20(3)17-23(22,26)21-13-11-10-12-14-21/h10-14,20,26H,6-9,15-19H2,1-5H3. The summed E-state index contributed by atoms with van der Waals surface area (Å²) < 4.78 is 0. The van der Waals surface area contributed by atoms with E-state index in [1.165, 1.54) is 25.7 Å². The third-order valence-electron chi connectivity index (χ3n) is 6.42. The van der Waals surface area contributed by atoms with Gasteiger partial charge in [0.05, 0.1) is 5.60 Å². The SMILES string of the molecule is CCCCN(CCCC)CC1(C)CN(C)C(C)CC1(O)c1ccccc1. The molecule has 1 aliphatic heterocycles. The molecule has 2 rings (SSSR count). The fourth-order valence-corrected chi connectivity index (χ4v) is 4.55. The lowest BCUT2D eigenvalue weighted by atomic mass is 9.63. The molecule has 3 unspecified atom stereocenters. The van der Waals surface area contributed by atoms with Crippen molar-refractivity contribution in [2.24, 2.45) is 5.41 Å². The van der Waals surface area contributed by atoms with E-state index in [0.717, 1.165) is 38.2 Å². The maximum absolute atomic E-state index is 12.0. The van der Waals surface area contributed by atoms with Crippen LogP contribution < -0.4 is 0 Å². The number of unbranched alkanes of at least 4 members (excludes halogenated alkanes) is 2. The Hall–Kier alpha value is -0.900. The van der Waals surface area contributed by atoms with Crippen molar-refractivity contribution in [3.63, 3.8) is 0 Å². The van der Waals surface area contributed by atoms with E-state index in [2.05, 4.69) is 68.8 Å². The first-order valence-corrected chi connectivity index (χ1v) is 10.6. The molecule has 3 nitrogen and oxygen atoms in total. The molecule has 0 saturated carbocycles. The van der Waals surface area contributed by atoms with Crippen molar-refractivity contribution in [1.82, 2.24) is 9.80 Å². The highest BCUT2D eigenvalue weighted by molar-refractivity contribution is 5.27. The van der Waals surface area contributed by atoms with Gasteiger partial charge in [-0.25, -0.2) is 0 Å². The minimum Gasteiger partial charge on any atom is -0.384 e. The zero-order chi connectivity index (χ0) is 19.2. The average Bonchev–Trinajstić information content (AvgIpc) is 2.63. The molecule has 1 N–H and O–H groups in total. The zero-order valence-electron chi connectivity index (χ0n) is 17.7. The lowest BCUT2D eigenvalue weighted by Gasteiger charge is -2.55. The Labute approximate surface area is 161 Å². The van der Waals surface area contributed by atoms with Crippen molar-refractivity contribution in [2.75, 3.05) is 33.2 Å². The second-order valence-corrected chi connectivity index (χ2v) is 8.74. The molecule has 1 saturated heterocycles. The fraction of sp³-hybridized carbons (Fsp3) is 0.739. The summed E-state index contributed by atoms with van der Waals surface area (Å²) in [6.45, 7) is 13.2. The van der Waals surface area contributed by atoms with Crippen molar-refractivity contribution in [3.05, 3.63) is 35.9 Å². The van der Waals surface area contributed by atoms with E-state index in [4.69, 9.17) is 0 Å². The van der Waals surface area contributed by atoms with Gasteiger partial charge in [-0.2, -0.15) is 0 Å². The van der Waals surface area contributed by atoms with Gasteiger partial charge in [0.2, 0.25) is 0 Å². The van der Waals surface area contributed by atoms with Crippen molar-refractivity contribution < 1.29 is 5.11 Å². The van der Waals surface area contributed by atoms with Gasteiger partial charge in [0.15, 0.2) is 0 Å². The van der Waals surface area contributed by atoms with Crippen molar-refractivity contribution in [3.8, 4) is 0 Å². The Morgan fingerprint density at radius 2 is 1.69 bits per heavy atom. The van der Waals surface area contributed by atoms with Gasteiger partial charge in [0.1, 0.15) is 0 Å². The number of piperidine rings is 1. The quantitative estimate of drug-likeness (QED) is 0.702. The number of benzene rings is 1. The number of rotatable bonds is 9. The summed E-state index contributed by atoms with van der Waals surface area (Å²) in [5, 5.41) is 12.0. The topological polar surface area (TPSA) is 26.7 Å². The monoisotopic (exact) mass is 360 g/mol. The van der Waals surface area contributed by atoms with Gasteiger partial charge in [-0.15, -0.1) is 0 Å². The van der Waals surface area contributed by atoms with E-state index in [0.29, 0.717) is 6.04 Å². The highest BCUT2D eigenvalue weighted by Crippen LogP contribution is 2.48. The largest absolute Gasteiger partial charge is 0.384 e. The molecule has 1 aliphatic rings. The first kappa shape index (κ1) is 21.4. The predicted octanol–water partition coefficient (Wildman–Crippen LogP) is 4.51. The van der Waals surface area contributed by atoms with Gasteiger partial charge in [0.25, 0.3) is 0 Å². The Kier molecular flexibility index (Phi) is 7.69. The summed E-state index contributed by atoms with van der Waals surface area (Å²) in [4.78, 5) is 5.03. The van der Waals surface area contributed by atoms with Crippen LogP contribution in [0.1, 0.15) is 65.4 Å². The first-order valence-electron chi connectivity index (χ1n) is 10.6. The van der Waals surface area contributed by atoms with Crippen LogP contribution in [-0.4, -0.2) is 54.2 Å². The van der Waals surface area contributed by atoms with Gasteiger partial charge >= 0.3 is 0 Å². The summed E-state index contributed by atoms with van der Waals surface area (Å²) in [6, 6.07) is 10.8. The van der Waals surface area contributed by atoms with Crippen LogP contribution in [-0.2, 0) is 5.60 Å². The van der Waals surface area contributed by atoms with E-state index < -0.39 is 5.60 Å². The van der Waals surface area contributed by atoms with Gasteiger partial charge < -0.3 is 14.9 Å². The summed E-state index contributed by atoms with van der Waals surface area (Å²) >= 11 is 0. The maximum atomic E-state index is 12.0. The lowest BCUT2D eigenvalue weighted by molar-refractivity contribution is -0.154. The van der Waals surface area contributed by atoms with E-state index in [-0.39, 0.29) is 5.41 Å². The van der Waals surface area contributed by atoms with E-state index in [1.807, 2.05) is 6.07 Å². The molecule has 1 aromatic carbocycles. The van der Waals surface area contributed by atoms with Crippen LogP contribution >= 0.6 is 0 Å². The highest BCUT2D eigenvalue weighted by Gasteiger charge is 2.53. The number of hydrogen-bond acceptors (Lipinski definition) is 3. The van der Waals surface area contributed by atoms with Crippen LogP contribution in [0.2, 0.25) is 0 Å². The Balaban J connectivity index is 2.31. The van der Waals surface area contributed by atoms with Crippen LogP contribution in [0.15, 0.2) is 30.3 Å². The van der Waals surface area contributed by atoms with Gasteiger partial charge in [0, 0.05) is 24.5 Å². The molecule has 0 aliphatic carbocycles. The minimum absolute atomic E-state index is 0.183. The third-order valence-corrected chi connectivity index (χ3v) is 6.42. The highest BCUT2D eigenvalue weighted by atomic mass is 16.3. The van der Waals surface area contributed by atoms with Crippen LogP contribution in [0.25, 0.3) is 0 Å². The number of nitrogens with zero attached hydrogens (tertiary/aromatic N) is 2. The summed E-state index contributed by atoms with van der Waals surface area (Å²) in [7, 11) is 2.20. The lowest BCUT2D eigenvalue weighted by Crippen LogP contribution is -2.62. The smallest absolute Gasteiger partial charge is 0.0989 e. The molecule has 0 spiro atoms. The van der Waals surface area contributed by atoms with Crippen molar-refractivity contribution >= 4 is 0 Å². The molecule has 1 fully saturated rings. The van der Waals surface area contributed by atoms with Gasteiger partial charge in [-0.3, -0.25) is 0 Å². The third kappa shape index (κ3) is 4.68. The molecule has 26 heavy (non-hydrogen) atoms. The Morgan fingerprint density at radius 1 is 1.12 bits per heavy atom. The summed E-state index contributed by atoms with van der Waals surface area (Å²) in [5.41, 5.74) is 0.113. The molecular weight excluding hydrogens is 320 g/mol. The second-order valence-electron chi connectivity index (χ2n) is 8.74. The Bertz CT molecular complexity index is 526. The molecule has 3 heteroatoms. The minimum atomic E-state index is -0.781. The average molecular weight is 361 g/mol. The molecule has 0 bridgehead atoms. The van der Waals surface area contributed by atoms with E-state index >= 15 is 0 Å². The van der Waals surface area contributed by atoms with Gasteiger partial charge in [-0.05, 0) is 51.9 Å². The van der Waals surface area contributed by atoms with Gasteiger partial charge in [-0.1, -0.05) is 63.9 Å². The molecule has 1 aromatic rings. The van der Waals surface area contributed by atoms with Crippen LogP contribution in [0.4, 0.5) is 0 Å². The number of hydrogen-bond donors (Lipinski definition) is 1. The summed E-state index contributed by atoms with van der Waals surface area (Å²) in [5.74, 6) is 0. The molecule has 0 amide bonds. The molecule has 1 heterocycles. The molecular formula is C23H40N2O. The van der Waals surface area contributed by atoms with Crippen molar-refractivity contribution in [2.45, 2.75) is 71.4 Å². The summed E-state index contributed by atoms with van der Waals surface area (Å²) in [6.07, 6.45) is 5.70. The molecule has 0 radical (unpaired) electrons. The predicted molar refractivity (Wildman–Crippen MR) is 111 cm³/mol. The fourth-order valence-electron chi connectivity index (χ4n) is 4.55. The second kappa shape index (κ2) is 9.34. The van der Waals surface area contributed by atoms with Crippen LogP contribution in [0.5, 0.6) is 0 Å². The number of likely N-dealkylation sites (tertiary alicyclic amines) is 1. The van der Waals surface area contributed by atoms with Crippen LogP contribution in [0, 0.1) is 5.41 Å². The van der Waals surface area contributed by atoms with E-state index in [9.17, 15) is 5.11 Å². The molecule has 0 aromatic heterocycles. The normalized spacial score (nSPS) is 30.0. The first-order chi connectivity index (χ1) is 12.4. The Morgan fingerprint density at radius 3 is 2.23 bits per heavy atom. The van der Waals surface area contributed by atoms with Crippen molar-refractivity contribution in [1.29, 1.82) is 0 Å². The van der Waals surface area contributed by atoms with E-state index in [1.54, 1.807) is 0 Å². The maximum Gasteiger partial charge on any atom is 0.0989 e. The molecule has 148 valence electrons. The molecule has 3 atom stereocenters. The number of aliphatic hydroxyl groups is 1. The van der Waals surface area contributed by atoms with Crippen LogP contribution in [0.3, 0.4) is 0 Å². The zero-order valence-corrected chi connectivity index (χ0v) is 17.7.